The number of carbonyl (C=O) groups excluding carboxylic acids is 1. The summed E-state index contributed by atoms with van der Waals surface area (Å²) in [4.78, 5) is 11.9. The number of amides is 1. The Balaban J connectivity index is 2.27. The molecule has 2 heteroatoms. The number of hydrogen-bond donors (Lipinski definition) is 1. The highest BCUT2D eigenvalue weighted by atomic mass is 16.1. The monoisotopic (exact) mass is 225 g/mol. The number of hydrogen-bond acceptors (Lipinski definition) is 1. The average Bonchev–Trinajstić information content (AvgIpc) is 2.26. The predicted octanol–water partition coefficient (Wildman–Crippen LogP) is 3.22. The lowest BCUT2D eigenvalue weighted by molar-refractivity contribution is -0.126. The molecule has 0 spiro atoms. The second-order valence-electron chi connectivity index (χ2n) is 5.99. The van der Waals surface area contributed by atoms with E-state index in [1.54, 1.807) is 0 Å². The van der Waals surface area contributed by atoms with E-state index in [4.69, 9.17) is 0 Å². The maximum Gasteiger partial charge on any atom is 0.223 e. The van der Waals surface area contributed by atoms with Crippen molar-refractivity contribution in [2.24, 2.45) is 23.7 Å². The third kappa shape index (κ3) is 4.15. The molecule has 16 heavy (non-hydrogen) atoms. The summed E-state index contributed by atoms with van der Waals surface area (Å²) < 4.78 is 0. The van der Waals surface area contributed by atoms with Crippen LogP contribution in [-0.2, 0) is 4.79 Å². The van der Waals surface area contributed by atoms with E-state index in [-0.39, 0.29) is 11.8 Å². The van der Waals surface area contributed by atoms with Crippen molar-refractivity contribution in [1.29, 1.82) is 0 Å². The molecule has 0 aliphatic heterocycles. The highest BCUT2D eigenvalue weighted by Gasteiger charge is 2.27. The van der Waals surface area contributed by atoms with Gasteiger partial charge < -0.3 is 5.32 Å². The van der Waals surface area contributed by atoms with Crippen LogP contribution >= 0.6 is 0 Å². The molecule has 0 unspecified atom stereocenters. The molecule has 1 rings (SSSR count). The number of carbonyl (C=O) groups is 1. The van der Waals surface area contributed by atoms with Crippen LogP contribution in [-0.4, -0.2) is 12.5 Å². The minimum absolute atomic E-state index is 0.286. The van der Waals surface area contributed by atoms with Crippen LogP contribution in [0.4, 0.5) is 0 Å². The lowest BCUT2D eigenvalue weighted by Crippen LogP contribution is -2.35. The van der Waals surface area contributed by atoms with Crippen LogP contribution in [0.3, 0.4) is 0 Å². The third-order valence-corrected chi connectivity index (χ3v) is 3.77. The summed E-state index contributed by atoms with van der Waals surface area (Å²) in [6.45, 7) is 9.68. The van der Waals surface area contributed by atoms with Crippen molar-refractivity contribution in [3.8, 4) is 0 Å². The minimum atomic E-state index is 0.286. The quantitative estimate of drug-likeness (QED) is 0.782. The van der Waals surface area contributed by atoms with Crippen LogP contribution in [0.5, 0.6) is 0 Å². The highest BCUT2D eigenvalue weighted by Crippen LogP contribution is 2.33. The van der Waals surface area contributed by atoms with Gasteiger partial charge in [0.05, 0.1) is 0 Å². The van der Waals surface area contributed by atoms with Gasteiger partial charge in [0.15, 0.2) is 0 Å². The van der Waals surface area contributed by atoms with Gasteiger partial charge >= 0.3 is 0 Å². The Hall–Kier alpha value is -0.530. The maximum atomic E-state index is 11.9. The van der Waals surface area contributed by atoms with Crippen LogP contribution in [0, 0.1) is 23.7 Å². The Labute approximate surface area is 100 Å². The first-order valence-corrected chi connectivity index (χ1v) is 6.78. The van der Waals surface area contributed by atoms with Gasteiger partial charge in [-0.15, -0.1) is 0 Å². The molecule has 0 atom stereocenters. The lowest BCUT2D eigenvalue weighted by Gasteiger charge is -2.30. The second-order valence-corrected chi connectivity index (χ2v) is 5.99. The molecule has 0 radical (unpaired) electrons. The fourth-order valence-electron chi connectivity index (χ4n) is 2.50. The van der Waals surface area contributed by atoms with Gasteiger partial charge in [-0.25, -0.2) is 0 Å². The summed E-state index contributed by atoms with van der Waals surface area (Å²) in [6.07, 6.45) is 4.65. The molecule has 94 valence electrons. The smallest absolute Gasteiger partial charge is 0.223 e. The zero-order chi connectivity index (χ0) is 12.1. The van der Waals surface area contributed by atoms with Crippen LogP contribution in [0.2, 0.25) is 0 Å². The van der Waals surface area contributed by atoms with Crippen LogP contribution in [0.1, 0.15) is 53.4 Å². The van der Waals surface area contributed by atoms with E-state index in [1.165, 1.54) is 12.8 Å². The molecule has 0 heterocycles. The fraction of sp³-hybridized carbons (Fsp3) is 0.929. The van der Waals surface area contributed by atoms with Crippen molar-refractivity contribution in [2.45, 2.75) is 53.4 Å². The highest BCUT2D eigenvalue weighted by molar-refractivity contribution is 5.78. The van der Waals surface area contributed by atoms with Crippen molar-refractivity contribution in [2.75, 3.05) is 6.54 Å². The van der Waals surface area contributed by atoms with E-state index in [9.17, 15) is 4.79 Å². The summed E-state index contributed by atoms with van der Waals surface area (Å²) in [5.74, 6) is 2.74. The van der Waals surface area contributed by atoms with Gasteiger partial charge in [-0.3, -0.25) is 4.79 Å². The summed E-state index contributed by atoms with van der Waals surface area (Å²) in [5.41, 5.74) is 0. The number of nitrogens with one attached hydrogen (secondary N) is 1. The van der Waals surface area contributed by atoms with Gasteiger partial charge in [0.25, 0.3) is 0 Å². The van der Waals surface area contributed by atoms with Crippen molar-refractivity contribution >= 4 is 5.91 Å². The van der Waals surface area contributed by atoms with Crippen LogP contribution < -0.4 is 5.32 Å². The van der Waals surface area contributed by atoms with Crippen LogP contribution in [0.25, 0.3) is 0 Å². The molecule has 1 aliphatic carbocycles. The fourth-order valence-corrected chi connectivity index (χ4v) is 2.50. The molecular weight excluding hydrogens is 198 g/mol. The van der Waals surface area contributed by atoms with Crippen molar-refractivity contribution in [3.05, 3.63) is 0 Å². The molecule has 2 nitrogen and oxygen atoms in total. The first-order chi connectivity index (χ1) is 7.50. The Morgan fingerprint density at radius 3 is 2.12 bits per heavy atom. The Morgan fingerprint density at radius 1 is 1.12 bits per heavy atom. The van der Waals surface area contributed by atoms with Crippen molar-refractivity contribution < 1.29 is 4.79 Å². The summed E-state index contributed by atoms with van der Waals surface area (Å²) >= 11 is 0. The topological polar surface area (TPSA) is 29.1 Å². The Morgan fingerprint density at radius 2 is 1.69 bits per heavy atom. The van der Waals surface area contributed by atoms with Crippen LogP contribution in [0.15, 0.2) is 0 Å². The summed E-state index contributed by atoms with van der Waals surface area (Å²) in [5, 5.41) is 3.06. The Bertz CT molecular complexity index is 215. The molecule has 0 saturated heterocycles. The standard InChI is InChI=1S/C14H27NO/c1-10(2)9-15-14(16)13-7-5-12(6-8-13)11(3)4/h10-13H,5-9H2,1-4H3,(H,15,16)/t12-,13+. The van der Waals surface area contributed by atoms with Crippen molar-refractivity contribution in [1.82, 2.24) is 5.32 Å². The van der Waals surface area contributed by atoms with Gasteiger partial charge in [-0.2, -0.15) is 0 Å². The largest absolute Gasteiger partial charge is 0.356 e. The molecule has 1 N–H and O–H groups in total. The zero-order valence-corrected chi connectivity index (χ0v) is 11.3. The SMILES string of the molecule is CC(C)CNC(=O)[C@H]1CC[C@@H](C(C)C)CC1. The molecule has 0 aromatic carbocycles. The predicted molar refractivity (Wildman–Crippen MR) is 68.1 cm³/mol. The molecular formula is C14H27NO. The van der Waals surface area contributed by atoms with E-state index < -0.39 is 0 Å². The molecule has 1 amide bonds. The summed E-state index contributed by atoms with van der Waals surface area (Å²) in [6, 6.07) is 0. The van der Waals surface area contributed by atoms with E-state index in [1.807, 2.05) is 0 Å². The van der Waals surface area contributed by atoms with E-state index in [2.05, 4.69) is 33.0 Å². The Kier molecular flexibility index (Phi) is 5.30. The van der Waals surface area contributed by atoms with E-state index in [0.717, 1.165) is 31.2 Å². The second kappa shape index (κ2) is 6.27. The normalized spacial score (nSPS) is 26.1. The van der Waals surface area contributed by atoms with Gasteiger partial charge in [0.2, 0.25) is 5.91 Å². The lowest BCUT2D eigenvalue weighted by atomic mass is 9.76. The molecule has 0 bridgehead atoms. The average molecular weight is 225 g/mol. The molecule has 0 aromatic heterocycles. The summed E-state index contributed by atoms with van der Waals surface area (Å²) in [7, 11) is 0. The molecule has 1 aliphatic rings. The first kappa shape index (κ1) is 13.5. The first-order valence-electron chi connectivity index (χ1n) is 6.78. The van der Waals surface area contributed by atoms with Crippen molar-refractivity contribution in [3.63, 3.8) is 0 Å². The van der Waals surface area contributed by atoms with Gasteiger partial charge in [0, 0.05) is 12.5 Å². The third-order valence-electron chi connectivity index (χ3n) is 3.77. The molecule has 0 aromatic rings. The molecule has 1 saturated carbocycles. The zero-order valence-electron chi connectivity index (χ0n) is 11.3. The van der Waals surface area contributed by atoms with E-state index >= 15 is 0 Å². The van der Waals surface area contributed by atoms with E-state index in [0.29, 0.717) is 5.92 Å². The van der Waals surface area contributed by atoms with Gasteiger partial charge in [-0.05, 0) is 43.4 Å². The van der Waals surface area contributed by atoms with Gasteiger partial charge in [0.1, 0.15) is 0 Å². The number of rotatable bonds is 4. The minimum Gasteiger partial charge on any atom is -0.356 e. The maximum absolute atomic E-state index is 11.9. The van der Waals surface area contributed by atoms with Gasteiger partial charge in [-0.1, -0.05) is 27.7 Å². The molecule has 1 fully saturated rings.